The van der Waals surface area contributed by atoms with Crippen LogP contribution in [0.3, 0.4) is 0 Å². The molecule has 22 heavy (non-hydrogen) atoms. The second-order valence-electron chi connectivity index (χ2n) is 6.36. The van der Waals surface area contributed by atoms with E-state index in [1.54, 1.807) is 45.0 Å². The highest BCUT2D eigenvalue weighted by Crippen LogP contribution is 2.19. The molecule has 0 saturated carbocycles. The van der Waals surface area contributed by atoms with Crippen molar-refractivity contribution in [3.63, 3.8) is 0 Å². The van der Waals surface area contributed by atoms with Crippen LogP contribution in [0.25, 0.3) is 0 Å². The van der Waals surface area contributed by atoms with Crippen LogP contribution in [0.1, 0.15) is 26.3 Å². The number of amides is 1. The average molecular weight is 306 g/mol. The smallest absolute Gasteiger partial charge is 0.410 e. The zero-order valence-electron chi connectivity index (χ0n) is 13.1. The Bertz CT molecular complexity index is 566. The average Bonchev–Trinajstić information content (AvgIpc) is 2.78. The van der Waals surface area contributed by atoms with Crippen molar-refractivity contribution in [1.29, 1.82) is 0 Å². The van der Waals surface area contributed by atoms with Crippen molar-refractivity contribution in [1.82, 2.24) is 4.90 Å². The minimum atomic E-state index is -0.741. The number of nitrogens with zero attached hydrogens (tertiary/aromatic N) is 2. The molecule has 2 rings (SSSR count). The highest BCUT2D eigenvalue weighted by molar-refractivity contribution is 5.83. The predicted octanol–water partition coefficient (Wildman–Crippen LogP) is 1.79. The Balaban J connectivity index is 2.00. The molecule has 1 heterocycles. The first-order chi connectivity index (χ1) is 10.3. The number of carbonyl (C=O) groups excluding carboxylic acids is 1. The number of ether oxygens (including phenoxy) is 1. The Morgan fingerprint density at radius 3 is 2.68 bits per heavy atom. The Hall–Kier alpha value is -2.08. The molecule has 0 radical (unpaired) electrons. The fourth-order valence-corrected chi connectivity index (χ4v) is 2.16. The van der Waals surface area contributed by atoms with Gasteiger partial charge in [-0.25, -0.2) is 4.79 Å². The van der Waals surface area contributed by atoms with Gasteiger partial charge in [-0.3, -0.25) is 4.99 Å². The summed E-state index contributed by atoms with van der Waals surface area (Å²) in [6.45, 7) is 5.87. The van der Waals surface area contributed by atoms with E-state index in [1.165, 1.54) is 11.1 Å². The van der Waals surface area contributed by atoms with Gasteiger partial charge in [0.05, 0.1) is 18.7 Å². The van der Waals surface area contributed by atoms with E-state index in [2.05, 4.69) is 4.99 Å². The van der Waals surface area contributed by atoms with Gasteiger partial charge >= 0.3 is 6.09 Å². The molecule has 1 amide bonds. The molecule has 1 fully saturated rings. The normalized spacial score (nSPS) is 22.3. The van der Waals surface area contributed by atoms with Crippen LogP contribution in [0, 0.1) is 0 Å². The molecule has 2 N–H and O–H groups in total. The summed E-state index contributed by atoms with van der Waals surface area (Å²) < 4.78 is 5.28. The van der Waals surface area contributed by atoms with E-state index in [4.69, 9.17) is 4.74 Å². The number of β-amino-alcohol motifs (C(OH)–C–C–N with tert-alkyl or cyclic N) is 1. The number of benzene rings is 1. The molecule has 6 heteroatoms. The zero-order chi connectivity index (χ0) is 16.3. The van der Waals surface area contributed by atoms with Gasteiger partial charge in [0.15, 0.2) is 0 Å². The van der Waals surface area contributed by atoms with E-state index >= 15 is 0 Å². The second-order valence-corrected chi connectivity index (χ2v) is 6.36. The van der Waals surface area contributed by atoms with Gasteiger partial charge in [-0.1, -0.05) is 12.1 Å². The molecule has 6 nitrogen and oxygen atoms in total. The van der Waals surface area contributed by atoms with Crippen molar-refractivity contribution in [3.05, 3.63) is 29.8 Å². The molecule has 0 bridgehead atoms. The van der Waals surface area contributed by atoms with Crippen LogP contribution in [0.15, 0.2) is 29.3 Å². The highest BCUT2D eigenvalue weighted by atomic mass is 16.6. The van der Waals surface area contributed by atoms with E-state index in [0.717, 1.165) is 0 Å². The van der Waals surface area contributed by atoms with Crippen LogP contribution in [-0.4, -0.2) is 58.3 Å². The highest BCUT2D eigenvalue weighted by Gasteiger charge is 2.35. The summed E-state index contributed by atoms with van der Waals surface area (Å²) in [7, 11) is 0. The third-order valence-electron chi connectivity index (χ3n) is 3.25. The minimum Gasteiger partial charge on any atom is -0.507 e. The molecule has 1 aliphatic rings. The largest absolute Gasteiger partial charge is 0.507 e. The summed E-state index contributed by atoms with van der Waals surface area (Å²) in [5.74, 6) is 0.128. The Morgan fingerprint density at radius 2 is 2.05 bits per heavy atom. The molecule has 1 aliphatic heterocycles. The molecule has 0 aliphatic carbocycles. The lowest BCUT2D eigenvalue weighted by Gasteiger charge is -2.24. The first kappa shape index (κ1) is 16.3. The van der Waals surface area contributed by atoms with Crippen molar-refractivity contribution >= 4 is 12.3 Å². The van der Waals surface area contributed by atoms with Gasteiger partial charge < -0.3 is 19.8 Å². The predicted molar refractivity (Wildman–Crippen MR) is 83.3 cm³/mol. The Kier molecular flexibility index (Phi) is 4.71. The summed E-state index contributed by atoms with van der Waals surface area (Å²) in [5.41, 5.74) is 0.00424. The van der Waals surface area contributed by atoms with Gasteiger partial charge in [0.2, 0.25) is 0 Å². The summed E-state index contributed by atoms with van der Waals surface area (Å²) in [6, 6.07) is 6.39. The van der Waals surface area contributed by atoms with E-state index in [9.17, 15) is 15.0 Å². The molecule has 1 saturated heterocycles. The lowest BCUT2D eigenvalue weighted by Crippen LogP contribution is -2.36. The third-order valence-corrected chi connectivity index (χ3v) is 3.25. The van der Waals surface area contributed by atoms with E-state index in [1.807, 2.05) is 0 Å². The van der Waals surface area contributed by atoms with Crippen LogP contribution in [0.2, 0.25) is 0 Å². The number of rotatable bonds is 2. The third kappa shape index (κ3) is 4.21. The van der Waals surface area contributed by atoms with Crippen molar-refractivity contribution in [2.24, 2.45) is 4.99 Å². The quantitative estimate of drug-likeness (QED) is 0.816. The standard InChI is InChI=1S/C16H22N2O4/c1-16(2,3)22-15(21)18-9-12(14(20)10-18)17-8-11-6-4-5-7-13(11)19/h4-8,12,14,19-20H,9-10H2,1-3H3/t12-,14-/m0/s1. The zero-order valence-corrected chi connectivity index (χ0v) is 13.1. The summed E-state index contributed by atoms with van der Waals surface area (Å²) in [6.07, 6.45) is 0.323. The number of phenols is 1. The molecule has 0 unspecified atom stereocenters. The first-order valence-corrected chi connectivity index (χ1v) is 7.23. The van der Waals surface area contributed by atoms with Gasteiger partial charge in [-0.2, -0.15) is 0 Å². The number of aliphatic imine (C=N–C) groups is 1. The number of para-hydroxylation sites is 1. The summed E-state index contributed by atoms with van der Waals surface area (Å²) in [5, 5.41) is 19.7. The van der Waals surface area contributed by atoms with Gasteiger partial charge in [0.1, 0.15) is 11.4 Å². The fraction of sp³-hybridized carbons (Fsp3) is 0.500. The number of hydrogen-bond donors (Lipinski definition) is 2. The van der Waals surface area contributed by atoms with Crippen LogP contribution in [0.5, 0.6) is 5.75 Å². The Labute approximate surface area is 130 Å². The van der Waals surface area contributed by atoms with Gasteiger partial charge in [-0.05, 0) is 32.9 Å². The van der Waals surface area contributed by atoms with Crippen LogP contribution in [0.4, 0.5) is 4.79 Å². The lowest BCUT2D eigenvalue weighted by atomic mass is 10.2. The number of likely N-dealkylation sites (tertiary alicyclic amines) is 1. The van der Waals surface area contributed by atoms with Crippen molar-refractivity contribution in [2.75, 3.05) is 13.1 Å². The number of phenolic OH excluding ortho intramolecular Hbond substituents is 1. The van der Waals surface area contributed by atoms with Crippen LogP contribution >= 0.6 is 0 Å². The van der Waals surface area contributed by atoms with Crippen LogP contribution in [-0.2, 0) is 4.74 Å². The maximum Gasteiger partial charge on any atom is 0.410 e. The van der Waals surface area contributed by atoms with E-state index < -0.39 is 23.8 Å². The maximum absolute atomic E-state index is 12.0. The van der Waals surface area contributed by atoms with Crippen LogP contribution < -0.4 is 0 Å². The molecular weight excluding hydrogens is 284 g/mol. The molecule has 0 spiro atoms. The number of aliphatic hydroxyl groups is 1. The van der Waals surface area contributed by atoms with Gasteiger partial charge in [0, 0.05) is 18.3 Å². The SMILES string of the molecule is CC(C)(C)OC(=O)N1C[C@H](N=Cc2ccccc2O)[C@@H](O)C1. The molecule has 120 valence electrons. The molecule has 1 aromatic carbocycles. The molecule has 0 aromatic heterocycles. The van der Waals surface area contributed by atoms with E-state index in [-0.39, 0.29) is 12.3 Å². The van der Waals surface area contributed by atoms with Crippen molar-refractivity contribution in [2.45, 2.75) is 38.5 Å². The first-order valence-electron chi connectivity index (χ1n) is 7.23. The number of carbonyl (C=O) groups is 1. The van der Waals surface area contributed by atoms with Crippen molar-refractivity contribution < 1.29 is 19.7 Å². The lowest BCUT2D eigenvalue weighted by molar-refractivity contribution is 0.0270. The molecular formula is C16H22N2O4. The van der Waals surface area contributed by atoms with Crippen molar-refractivity contribution in [3.8, 4) is 5.75 Å². The fourth-order valence-electron chi connectivity index (χ4n) is 2.16. The van der Waals surface area contributed by atoms with E-state index in [0.29, 0.717) is 12.1 Å². The topological polar surface area (TPSA) is 82.4 Å². The maximum atomic E-state index is 12.0. The number of hydrogen-bond acceptors (Lipinski definition) is 5. The molecule has 1 aromatic rings. The number of aliphatic hydroxyl groups excluding tert-OH is 1. The monoisotopic (exact) mass is 306 g/mol. The summed E-state index contributed by atoms with van der Waals surface area (Å²) >= 11 is 0. The summed E-state index contributed by atoms with van der Waals surface area (Å²) in [4.78, 5) is 17.7. The number of aromatic hydroxyl groups is 1. The second kappa shape index (κ2) is 6.36. The van der Waals surface area contributed by atoms with Gasteiger partial charge in [0.25, 0.3) is 0 Å². The molecule has 2 atom stereocenters. The minimum absolute atomic E-state index is 0.128. The van der Waals surface area contributed by atoms with Gasteiger partial charge in [-0.15, -0.1) is 0 Å². The Morgan fingerprint density at radius 1 is 1.36 bits per heavy atom.